The smallest absolute Gasteiger partial charge is 0.325 e. The summed E-state index contributed by atoms with van der Waals surface area (Å²) in [7, 11) is 0. The van der Waals surface area contributed by atoms with Gasteiger partial charge in [0.2, 0.25) is 0 Å². The first-order valence-corrected chi connectivity index (χ1v) is 8.14. The minimum atomic E-state index is -0.955. The van der Waals surface area contributed by atoms with E-state index in [1.54, 1.807) is 12.4 Å². The van der Waals surface area contributed by atoms with Gasteiger partial charge in [0, 0.05) is 23.5 Å². The van der Waals surface area contributed by atoms with Crippen LogP contribution in [0.4, 0.5) is 11.5 Å². The molecule has 0 saturated heterocycles. The number of fused-ring (bicyclic) bond motifs is 1. The van der Waals surface area contributed by atoms with Crippen LogP contribution in [0, 0.1) is 0 Å². The number of ether oxygens (including phenoxy) is 1. The van der Waals surface area contributed by atoms with Gasteiger partial charge in [0.1, 0.15) is 24.4 Å². The number of carboxylic acids is 1. The van der Waals surface area contributed by atoms with Crippen molar-refractivity contribution in [3.05, 3.63) is 36.9 Å². The summed E-state index contributed by atoms with van der Waals surface area (Å²) in [4.78, 5) is 19.2. The van der Waals surface area contributed by atoms with E-state index >= 15 is 0 Å². The van der Waals surface area contributed by atoms with E-state index in [4.69, 9.17) is 21.4 Å². The highest BCUT2D eigenvalue weighted by Crippen LogP contribution is 2.26. The van der Waals surface area contributed by atoms with Crippen LogP contribution in [0.3, 0.4) is 0 Å². The molecule has 2 heterocycles. The Kier molecular flexibility index (Phi) is 6.99. The van der Waals surface area contributed by atoms with Gasteiger partial charge in [0.05, 0.1) is 24.0 Å². The molecule has 0 aliphatic carbocycles. The molecule has 0 bridgehead atoms. The van der Waals surface area contributed by atoms with Crippen molar-refractivity contribution in [1.29, 1.82) is 0 Å². The number of hydrogen-bond acceptors (Lipinski definition) is 6. The molecule has 138 valence electrons. The number of halogens is 2. The summed E-state index contributed by atoms with van der Waals surface area (Å²) in [6, 6.07) is 5.55. The third-order valence-corrected chi connectivity index (χ3v) is 3.62. The van der Waals surface area contributed by atoms with Crippen LogP contribution in [0.5, 0.6) is 5.75 Å². The molecule has 2 N–H and O–H groups in total. The summed E-state index contributed by atoms with van der Waals surface area (Å²) in [5.74, 6) is 0.923. The zero-order chi connectivity index (χ0) is 17.6. The van der Waals surface area contributed by atoms with E-state index in [2.05, 4.69) is 20.4 Å². The SMILES string of the molecule is Cl.O=C(O)Cn1cc(Nc2ncnc3cc(OCCCCl)ccc23)cn1. The predicted molar refractivity (Wildman–Crippen MR) is 101 cm³/mol. The number of alkyl halides is 1. The third kappa shape index (κ3) is 4.96. The zero-order valence-electron chi connectivity index (χ0n) is 13.6. The van der Waals surface area contributed by atoms with Gasteiger partial charge in [-0.2, -0.15) is 5.10 Å². The maximum atomic E-state index is 10.7. The molecule has 0 aliphatic heterocycles. The fraction of sp³-hybridized carbons (Fsp3) is 0.250. The number of benzene rings is 1. The largest absolute Gasteiger partial charge is 0.493 e. The van der Waals surface area contributed by atoms with Gasteiger partial charge in [0.15, 0.2) is 0 Å². The van der Waals surface area contributed by atoms with Crippen molar-refractivity contribution in [2.75, 3.05) is 17.8 Å². The molecule has 0 saturated carbocycles. The second kappa shape index (κ2) is 9.21. The van der Waals surface area contributed by atoms with Gasteiger partial charge >= 0.3 is 5.97 Å². The number of aromatic nitrogens is 4. The monoisotopic (exact) mass is 397 g/mol. The fourth-order valence-corrected chi connectivity index (χ4v) is 2.37. The van der Waals surface area contributed by atoms with Gasteiger partial charge < -0.3 is 15.2 Å². The zero-order valence-corrected chi connectivity index (χ0v) is 15.2. The van der Waals surface area contributed by atoms with Crippen LogP contribution in [0.15, 0.2) is 36.9 Å². The summed E-state index contributed by atoms with van der Waals surface area (Å²) < 4.78 is 6.95. The Morgan fingerprint density at radius 2 is 2.19 bits per heavy atom. The molecule has 26 heavy (non-hydrogen) atoms. The lowest BCUT2D eigenvalue weighted by atomic mass is 10.2. The molecule has 0 aliphatic rings. The highest BCUT2D eigenvalue weighted by atomic mass is 35.5. The average Bonchev–Trinajstić information content (AvgIpc) is 3.01. The van der Waals surface area contributed by atoms with Gasteiger partial charge in [-0.3, -0.25) is 9.48 Å². The number of aliphatic carboxylic acids is 1. The minimum Gasteiger partial charge on any atom is -0.493 e. The van der Waals surface area contributed by atoms with Gasteiger partial charge in [0.25, 0.3) is 0 Å². The first-order valence-electron chi connectivity index (χ1n) is 7.60. The maximum Gasteiger partial charge on any atom is 0.325 e. The predicted octanol–water partition coefficient (Wildman–Crippen LogP) is 3.08. The van der Waals surface area contributed by atoms with E-state index in [9.17, 15) is 4.79 Å². The molecule has 0 amide bonds. The summed E-state index contributed by atoms with van der Waals surface area (Å²) in [5, 5.41) is 16.7. The van der Waals surface area contributed by atoms with E-state index in [1.807, 2.05) is 18.2 Å². The number of carboxylic acid groups (broad SMARTS) is 1. The van der Waals surface area contributed by atoms with Crippen LogP contribution < -0.4 is 10.1 Å². The Hall–Kier alpha value is -2.58. The Bertz CT molecular complexity index is 887. The quantitative estimate of drug-likeness (QED) is 0.444. The standard InChI is InChI=1S/C16H16ClN5O3.ClH/c17-4-1-5-25-12-2-3-13-14(6-12)18-10-19-16(13)21-11-7-20-22(8-11)9-15(23)24;/h2-3,6-8,10H,1,4-5,9H2,(H,23,24)(H,18,19,21);1H. The normalized spacial score (nSPS) is 10.3. The van der Waals surface area contributed by atoms with Crippen molar-refractivity contribution < 1.29 is 14.6 Å². The molecule has 0 unspecified atom stereocenters. The topological polar surface area (TPSA) is 102 Å². The Labute approximate surface area is 160 Å². The van der Waals surface area contributed by atoms with E-state index in [0.717, 1.165) is 23.1 Å². The lowest BCUT2D eigenvalue weighted by molar-refractivity contribution is -0.137. The van der Waals surface area contributed by atoms with E-state index in [-0.39, 0.29) is 19.0 Å². The molecule has 0 atom stereocenters. The first kappa shape index (κ1) is 19.7. The molecule has 0 radical (unpaired) electrons. The molecule has 10 heteroatoms. The second-order valence-corrected chi connectivity index (χ2v) is 5.62. The van der Waals surface area contributed by atoms with Crippen molar-refractivity contribution in [2.24, 2.45) is 0 Å². The third-order valence-electron chi connectivity index (χ3n) is 3.35. The van der Waals surface area contributed by atoms with Crippen molar-refractivity contribution in [1.82, 2.24) is 19.7 Å². The number of hydrogen-bond donors (Lipinski definition) is 2. The fourth-order valence-electron chi connectivity index (χ4n) is 2.26. The molecular formula is C16H17Cl2N5O3. The molecule has 3 rings (SSSR count). The van der Waals surface area contributed by atoms with Crippen LogP contribution in [0.1, 0.15) is 6.42 Å². The van der Waals surface area contributed by atoms with Crippen molar-refractivity contribution in [3.63, 3.8) is 0 Å². The number of carbonyl (C=O) groups is 1. The number of anilines is 2. The number of nitrogens with one attached hydrogen (secondary N) is 1. The van der Waals surface area contributed by atoms with Gasteiger partial charge in [-0.1, -0.05) is 0 Å². The minimum absolute atomic E-state index is 0. The Balaban J connectivity index is 0.00000243. The lowest BCUT2D eigenvalue weighted by Crippen LogP contribution is -2.08. The Morgan fingerprint density at radius 3 is 2.96 bits per heavy atom. The highest BCUT2D eigenvalue weighted by Gasteiger charge is 2.08. The summed E-state index contributed by atoms with van der Waals surface area (Å²) in [6.45, 7) is 0.350. The van der Waals surface area contributed by atoms with Crippen molar-refractivity contribution in [2.45, 2.75) is 13.0 Å². The maximum absolute atomic E-state index is 10.7. The molecule has 0 spiro atoms. The Morgan fingerprint density at radius 1 is 1.35 bits per heavy atom. The molecule has 8 nitrogen and oxygen atoms in total. The molecular weight excluding hydrogens is 381 g/mol. The van der Waals surface area contributed by atoms with Crippen LogP contribution >= 0.6 is 24.0 Å². The summed E-state index contributed by atoms with van der Waals surface area (Å²) >= 11 is 5.64. The molecule has 2 aromatic heterocycles. The molecule has 0 fully saturated rings. The summed E-state index contributed by atoms with van der Waals surface area (Å²) in [5.41, 5.74) is 1.38. The first-order chi connectivity index (χ1) is 12.2. The van der Waals surface area contributed by atoms with Crippen molar-refractivity contribution in [3.8, 4) is 5.75 Å². The highest BCUT2D eigenvalue weighted by molar-refractivity contribution is 6.17. The van der Waals surface area contributed by atoms with E-state index in [1.165, 1.54) is 11.0 Å². The van der Waals surface area contributed by atoms with Crippen LogP contribution in [0.25, 0.3) is 10.9 Å². The van der Waals surface area contributed by atoms with E-state index in [0.29, 0.717) is 24.0 Å². The lowest BCUT2D eigenvalue weighted by Gasteiger charge is -2.09. The van der Waals surface area contributed by atoms with Crippen molar-refractivity contribution >= 4 is 52.4 Å². The van der Waals surface area contributed by atoms with Gasteiger partial charge in [-0.15, -0.1) is 24.0 Å². The van der Waals surface area contributed by atoms with Crippen LogP contribution in [-0.2, 0) is 11.3 Å². The van der Waals surface area contributed by atoms with Gasteiger partial charge in [-0.05, 0) is 18.6 Å². The second-order valence-electron chi connectivity index (χ2n) is 5.24. The van der Waals surface area contributed by atoms with Crippen LogP contribution in [0.2, 0.25) is 0 Å². The molecule has 1 aromatic carbocycles. The van der Waals surface area contributed by atoms with Gasteiger partial charge in [-0.25, -0.2) is 9.97 Å². The van der Waals surface area contributed by atoms with Crippen LogP contribution in [-0.4, -0.2) is 43.3 Å². The number of rotatable bonds is 8. The molecule has 3 aromatic rings. The van der Waals surface area contributed by atoms with E-state index < -0.39 is 5.97 Å². The number of nitrogens with zero attached hydrogens (tertiary/aromatic N) is 4. The summed E-state index contributed by atoms with van der Waals surface area (Å²) in [6.07, 6.45) is 5.37. The average molecular weight is 398 g/mol.